The van der Waals surface area contributed by atoms with Crippen LogP contribution in [0.15, 0.2) is 29.8 Å². The van der Waals surface area contributed by atoms with Gasteiger partial charge in [-0.3, -0.25) is 0 Å². The minimum Gasteiger partial charge on any atom is -0.0969 e. The van der Waals surface area contributed by atoms with E-state index in [2.05, 4.69) is 63.6 Å². The van der Waals surface area contributed by atoms with Crippen molar-refractivity contribution >= 4 is 11.9 Å². The summed E-state index contributed by atoms with van der Waals surface area (Å²) in [6.07, 6.45) is 7.38. The zero-order chi connectivity index (χ0) is 14.3. The quantitative estimate of drug-likeness (QED) is 0.548. The standard InChI is InChI=1S/C18H26N/c1-6-8-14(3)11-12-19-18(7-2)17-13-15(4)9-10-16(17)5/h9-13H,6-8H2,1-5H3/q+1. The van der Waals surface area contributed by atoms with Gasteiger partial charge >= 0.3 is 5.71 Å². The normalized spacial score (nSPS) is 11.1. The van der Waals surface area contributed by atoms with Crippen molar-refractivity contribution in [1.82, 2.24) is 4.67 Å². The molecular formula is C18H26N+. The summed E-state index contributed by atoms with van der Waals surface area (Å²) in [6, 6.07) is 6.56. The summed E-state index contributed by atoms with van der Waals surface area (Å²) in [5.41, 5.74) is 6.43. The molecule has 0 heterocycles. The van der Waals surface area contributed by atoms with Crippen molar-refractivity contribution in [2.75, 3.05) is 0 Å². The van der Waals surface area contributed by atoms with Crippen molar-refractivity contribution in [3.05, 3.63) is 46.5 Å². The molecule has 0 saturated carbocycles. The van der Waals surface area contributed by atoms with Crippen molar-refractivity contribution < 1.29 is 0 Å². The smallest absolute Gasteiger partial charge is 0.0969 e. The van der Waals surface area contributed by atoms with Gasteiger partial charge in [0.05, 0.1) is 5.56 Å². The van der Waals surface area contributed by atoms with Gasteiger partial charge in [0.2, 0.25) is 0 Å². The molecule has 1 aromatic rings. The Balaban J connectivity index is 3.09. The van der Waals surface area contributed by atoms with Gasteiger partial charge in [0.1, 0.15) is 0 Å². The molecule has 0 amide bonds. The zero-order valence-corrected chi connectivity index (χ0v) is 13.0. The molecule has 102 valence electrons. The van der Waals surface area contributed by atoms with E-state index in [1.165, 1.54) is 34.4 Å². The van der Waals surface area contributed by atoms with E-state index in [0.29, 0.717) is 0 Å². The number of nitrogens with zero attached hydrogens (tertiary/aromatic N) is 1. The topological polar surface area (TPSA) is 14.1 Å². The predicted molar refractivity (Wildman–Crippen MR) is 87.2 cm³/mol. The van der Waals surface area contributed by atoms with Crippen molar-refractivity contribution in [2.45, 2.75) is 53.9 Å². The van der Waals surface area contributed by atoms with E-state index in [-0.39, 0.29) is 0 Å². The summed E-state index contributed by atoms with van der Waals surface area (Å²) >= 11 is 0. The highest BCUT2D eigenvalue weighted by molar-refractivity contribution is 6.02. The van der Waals surface area contributed by atoms with Crippen LogP contribution in [0.4, 0.5) is 0 Å². The van der Waals surface area contributed by atoms with Gasteiger partial charge in [0.15, 0.2) is 0 Å². The molecule has 0 unspecified atom stereocenters. The Kier molecular flexibility index (Phi) is 6.32. The van der Waals surface area contributed by atoms with Gasteiger partial charge in [-0.1, -0.05) is 48.2 Å². The monoisotopic (exact) mass is 256 g/mol. The molecule has 0 saturated heterocycles. The molecule has 0 bridgehead atoms. The first-order valence-electron chi connectivity index (χ1n) is 7.21. The summed E-state index contributed by atoms with van der Waals surface area (Å²) < 4.78 is 4.65. The predicted octanol–water partition coefficient (Wildman–Crippen LogP) is 4.39. The van der Waals surface area contributed by atoms with E-state index in [4.69, 9.17) is 0 Å². The first-order chi connectivity index (χ1) is 9.08. The van der Waals surface area contributed by atoms with Crippen molar-refractivity contribution in [2.24, 2.45) is 0 Å². The lowest BCUT2D eigenvalue weighted by atomic mass is 10.00. The molecular weight excluding hydrogens is 230 g/mol. The highest BCUT2D eigenvalue weighted by Crippen LogP contribution is 2.12. The van der Waals surface area contributed by atoms with Crippen molar-refractivity contribution in [3.63, 3.8) is 0 Å². The van der Waals surface area contributed by atoms with Crippen LogP contribution in [0, 0.1) is 13.8 Å². The third-order valence-corrected chi connectivity index (χ3v) is 3.27. The second-order valence-corrected chi connectivity index (χ2v) is 5.16. The molecule has 1 aromatic carbocycles. The molecule has 1 rings (SSSR count). The first-order valence-corrected chi connectivity index (χ1v) is 7.21. The van der Waals surface area contributed by atoms with E-state index in [9.17, 15) is 0 Å². The van der Waals surface area contributed by atoms with Crippen LogP contribution >= 0.6 is 0 Å². The summed E-state index contributed by atoms with van der Waals surface area (Å²) in [4.78, 5) is 0. The molecule has 0 spiro atoms. The maximum absolute atomic E-state index is 4.65. The summed E-state index contributed by atoms with van der Waals surface area (Å²) in [6.45, 7) is 10.8. The summed E-state index contributed by atoms with van der Waals surface area (Å²) in [5.74, 6) is 0. The Bertz CT molecular complexity index is 514. The molecule has 1 heteroatoms. The molecule has 0 atom stereocenters. The lowest BCUT2D eigenvalue weighted by Crippen LogP contribution is -2.06. The van der Waals surface area contributed by atoms with E-state index < -0.39 is 0 Å². The zero-order valence-electron chi connectivity index (χ0n) is 13.0. The minimum absolute atomic E-state index is 0.960. The van der Waals surface area contributed by atoms with Crippen LogP contribution in [0.5, 0.6) is 0 Å². The lowest BCUT2D eigenvalue weighted by molar-refractivity contribution is 0.907. The number of hydrogen-bond acceptors (Lipinski definition) is 0. The molecule has 0 aromatic heterocycles. The molecule has 0 fully saturated rings. The maximum atomic E-state index is 4.65. The summed E-state index contributed by atoms with van der Waals surface area (Å²) in [7, 11) is 0. The third-order valence-electron chi connectivity index (χ3n) is 3.27. The molecule has 0 aliphatic carbocycles. The van der Waals surface area contributed by atoms with Gasteiger partial charge in [-0.25, -0.2) is 0 Å². The molecule has 0 N–H and O–H groups in total. The third kappa shape index (κ3) is 4.89. The van der Waals surface area contributed by atoms with Gasteiger partial charge < -0.3 is 0 Å². The van der Waals surface area contributed by atoms with Gasteiger partial charge in [-0.2, -0.15) is 0 Å². The Labute approximate surface area is 117 Å². The number of benzene rings is 1. The molecule has 0 radical (unpaired) electrons. The molecule has 1 nitrogen and oxygen atoms in total. The Morgan fingerprint density at radius 3 is 2.58 bits per heavy atom. The molecule has 19 heavy (non-hydrogen) atoms. The average molecular weight is 256 g/mol. The SMILES string of the molecule is CCCC(C)=CC=[N+]=C(CC)c1cc(C)ccc1C. The number of hydrogen-bond donors (Lipinski definition) is 0. The lowest BCUT2D eigenvalue weighted by Gasteiger charge is -2.00. The highest BCUT2D eigenvalue weighted by atomic mass is 14.6. The van der Waals surface area contributed by atoms with Crippen LogP contribution in [0.25, 0.3) is 0 Å². The average Bonchev–Trinajstić information content (AvgIpc) is 2.38. The van der Waals surface area contributed by atoms with Crippen LogP contribution in [0.3, 0.4) is 0 Å². The van der Waals surface area contributed by atoms with Gasteiger partial charge in [0, 0.05) is 12.5 Å². The molecule has 0 aliphatic heterocycles. The Morgan fingerprint density at radius 1 is 1.21 bits per heavy atom. The van der Waals surface area contributed by atoms with E-state index in [0.717, 1.165) is 12.8 Å². The largest absolute Gasteiger partial charge is 0.310 e. The van der Waals surface area contributed by atoms with Gasteiger partial charge in [-0.15, -0.1) is 0 Å². The van der Waals surface area contributed by atoms with Crippen LogP contribution in [0.2, 0.25) is 0 Å². The van der Waals surface area contributed by atoms with Crippen molar-refractivity contribution in [1.29, 1.82) is 0 Å². The number of aryl methyl sites for hydroxylation is 2. The van der Waals surface area contributed by atoms with Crippen LogP contribution in [-0.2, 0) is 0 Å². The Hall–Kier alpha value is -1.59. The second kappa shape index (κ2) is 7.76. The molecule has 0 aliphatic rings. The van der Waals surface area contributed by atoms with Crippen LogP contribution in [0.1, 0.15) is 56.7 Å². The maximum Gasteiger partial charge on any atom is 0.310 e. The fourth-order valence-electron chi connectivity index (χ4n) is 2.13. The highest BCUT2D eigenvalue weighted by Gasteiger charge is 2.13. The fraction of sp³-hybridized carbons (Fsp3) is 0.444. The van der Waals surface area contributed by atoms with Crippen LogP contribution in [-0.4, -0.2) is 11.9 Å². The first kappa shape index (κ1) is 15.5. The van der Waals surface area contributed by atoms with Crippen molar-refractivity contribution in [3.8, 4) is 0 Å². The number of allylic oxidation sites excluding steroid dienone is 2. The second-order valence-electron chi connectivity index (χ2n) is 5.16. The van der Waals surface area contributed by atoms with Gasteiger partial charge in [0.25, 0.3) is 6.21 Å². The minimum atomic E-state index is 0.960. The van der Waals surface area contributed by atoms with Crippen LogP contribution < -0.4 is 4.67 Å². The number of rotatable bonds is 5. The van der Waals surface area contributed by atoms with E-state index >= 15 is 0 Å². The van der Waals surface area contributed by atoms with E-state index in [1.807, 2.05) is 6.21 Å². The Morgan fingerprint density at radius 2 is 1.95 bits per heavy atom. The fourth-order valence-corrected chi connectivity index (χ4v) is 2.13. The summed E-state index contributed by atoms with van der Waals surface area (Å²) in [5, 5.41) is 0. The van der Waals surface area contributed by atoms with E-state index in [1.54, 1.807) is 0 Å². The van der Waals surface area contributed by atoms with Gasteiger partial charge in [-0.05, 0) is 38.8 Å².